The maximum atomic E-state index is 11.6. The van der Waals surface area contributed by atoms with Crippen molar-refractivity contribution in [1.29, 1.82) is 0 Å². The minimum absolute atomic E-state index is 0.101. The second-order valence-corrected chi connectivity index (χ2v) is 5.32. The van der Waals surface area contributed by atoms with Gasteiger partial charge in [0.25, 0.3) is 5.52 Å². The largest absolute Gasteiger partial charge is 0.365 e. The van der Waals surface area contributed by atoms with Gasteiger partial charge in [-0.05, 0) is 23.9 Å². The van der Waals surface area contributed by atoms with E-state index in [0.29, 0.717) is 5.69 Å². The number of nitro benzene ring substituents is 1. The molecule has 0 saturated carbocycles. The number of fused-ring (bicyclic) bond motifs is 1. The summed E-state index contributed by atoms with van der Waals surface area (Å²) >= 11 is 0. The van der Waals surface area contributed by atoms with E-state index in [9.17, 15) is 15.3 Å². The van der Waals surface area contributed by atoms with Crippen LogP contribution in [0.5, 0.6) is 0 Å². The number of hydrogen-bond acceptors (Lipinski definition) is 7. The number of benzene rings is 1. The van der Waals surface area contributed by atoms with Gasteiger partial charge >= 0.3 is 11.2 Å². The van der Waals surface area contributed by atoms with Crippen LogP contribution in [0.15, 0.2) is 16.8 Å². The molecule has 1 fully saturated rings. The number of piperazine rings is 1. The van der Waals surface area contributed by atoms with Crippen molar-refractivity contribution in [3.63, 3.8) is 0 Å². The van der Waals surface area contributed by atoms with Gasteiger partial charge in [-0.2, -0.15) is 0 Å². The van der Waals surface area contributed by atoms with Gasteiger partial charge in [0, 0.05) is 37.4 Å². The molecule has 2 aromatic rings. The highest BCUT2D eigenvalue weighted by atomic mass is 16.8. The molecule has 0 radical (unpaired) electrons. The monoisotopic (exact) mass is 307 g/mol. The fraction of sp³-hybridized carbons (Fsp3) is 0.538. The first-order valence-corrected chi connectivity index (χ1v) is 7.26. The molecule has 0 atom stereocenters. The molecule has 1 aliphatic rings. The van der Waals surface area contributed by atoms with Crippen LogP contribution in [-0.4, -0.2) is 47.7 Å². The number of aromatic nitrogens is 2. The topological polar surface area (TPSA) is 103 Å². The predicted octanol–water partition coefficient (Wildman–Crippen LogP) is 0.901. The molecular weight excluding hydrogens is 290 g/mol. The fourth-order valence-corrected chi connectivity index (χ4v) is 2.88. The second-order valence-electron chi connectivity index (χ2n) is 5.32. The number of hydrogen-bond donors (Lipinski definition) is 0. The zero-order valence-electron chi connectivity index (χ0n) is 12.3. The summed E-state index contributed by atoms with van der Waals surface area (Å²) in [5, 5.41) is 26.4. The van der Waals surface area contributed by atoms with Gasteiger partial charge in [-0.3, -0.25) is 19.6 Å². The smallest absolute Gasteiger partial charge is 0.324 e. The van der Waals surface area contributed by atoms with Crippen molar-refractivity contribution in [2.45, 2.75) is 13.3 Å². The van der Waals surface area contributed by atoms with Gasteiger partial charge in [0.1, 0.15) is 0 Å². The highest BCUT2D eigenvalue weighted by Gasteiger charge is 2.29. The molecule has 0 unspecified atom stereocenters. The standard InChI is InChI=1S/C13H17N5O4/c1-2-5-15-6-8-16(9-7-15)10-3-4-11(17(19)20)13-12(10)14-22-18(13)21/h3-4H,2,5-9H2,1H3. The third-order valence-electron chi connectivity index (χ3n) is 3.95. The van der Waals surface area contributed by atoms with Gasteiger partial charge in [0.05, 0.1) is 10.6 Å². The summed E-state index contributed by atoms with van der Waals surface area (Å²) < 4.78 is 4.57. The van der Waals surface area contributed by atoms with Crippen LogP contribution >= 0.6 is 0 Å². The van der Waals surface area contributed by atoms with Crippen molar-refractivity contribution in [3.8, 4) is 0 Å². The minimum atomic E-state index is -0.600. The third kappa shape index (κ3) is 2.43. The van der Waals surface area contributed by atoms with Crippen LogP contribution in [0.1, 0.15) is 13.3 Å². The number of nitrogens with zero attached hydrogens (tertiary/aromatic N) is 5. The van der Waals surface area contributed by atoms with Crippen molar-refractivity contribution >= 4 is 22.4 Å². The molecule has 22 heavy (non-hydrogen) atoms. The lowest BCUT2D eigenvalue weighted by atomic mass is 10.2. The van der Waals surface area contributed by atoms with Gasteiger partial charge in [-0.15, -0.1) is 0 Å². The normalized spacial score (nSPS) is 16.3. The van der Waals surface area contributed by atoms with Gasteiger partial charge in [-0.25, -0.2) is 0 Å². The first kappa shape index (κ1) is 14.5. The Hall–Kier alpha value is -2.42. The van der Waals surface area contributed by atoms with Crippen molar-refractivity contribution in [2.24, 2.45) is 0 Å². The van der Waals surface area contributed by atoms with Gasteiger partial charge in [-0.1, -0.05) is 6.92 Å². The van der Waals surface area contributed by atoms with Crippen LogP contribution in [0.2, 0.25) is 0 Å². The number of nitro groups is 1. The first-order chi connectivity index (χ1) is 10.6. The van der Waals surface area contributed by atoms with Crippen molar-refractivity contribution in [3.05, 3.63) is 27.5 Å². The summed E-state index contributed by atoms with van der Waals surface area (Å²) in [6.07, 6.45) is 1.11. The Labute approximate surface area is 126 Å². The summed E-state index contributed by atoms with van der Waals surface area (Å²) in [7, 11) is 0. The zero-order chi connectivity index (χ0) is 15.7. The molecule has 0 N–H and O–H groups in total. The molecule has 3 rings (SSSR count). The van der Waals surface area contributed by atoms with Gasteiger partial charge in [0.2, 0.25) is 0 Å². The Morgan fingerprint density at radius 3 is 2.73 bits per heavy atom. The second kappa shape index (κ2) is 5.76. The SMILES string of the molecule is CCCN1CCN(c2ccc([N+](=O)[O-])c3c2no[n+]3[O-])CC1. The Balaban J connectivity index is 1.93. The molecule has 0 aliphatic carbocycles. The summed E-state index contributed by atoms with van der Waals surface area (Å²) in [6, 6.07) is 2.97. The van der Waals surface area contributed by atoms with E-state index < -0.39 is 4.92 Å². The highest BCUT2D eigenvalue weighted by molar-refractivity contribution is 5.92. The van der Waals surface area contributed by atoms with Crippen LogP contribution < -0.4 is 9.80 Å². The van der Waals surface area contributed by atoms with E-state index in [1.165, 1.54) is 6.07 Å². The molecule has 1 aliphatic heterocycles. The molecule has 0 spiro atoms. The molecule has 1 saturated heterocycles. The third-order valence-corrected chi connectivity index (χ3v) is 3.95. The predicted molar refractivity (Wildman–Crippen MR) is 78.6 cm³/mol. The van der Waals surface area contributed by atoms with E-state index in [-0.39, 0.29) is 21.6 Å². The average molecular weight is 307 g/mol. The van der Waals surface area contributed by atoms with Crippen LogP contribution in [0.25, 0.3) is 11.0 Å². The molecule has 9 nitrogen and oxygen atoms in total. The number of anilines is 1. The van der Waals surface area contributed by atoms with Crippen molar-refractivity contribution in [1.82, 2.24) is 10.1 Å². The average Bonchev–Trinajstić information content (AvgIpc) is 2.90. The molecule has 0 bridgehead atoms. The minimum Gasteiger partial charge on any atom is -0.365 e. The van der Waals surface area contributed by atoms with Crippen LogP contribution in [0, 0.1) is 15.3 Å². The lowest BCUT2D eigenvalue weighted by Gasteiger charge is -2.35. The van der Waals surface area contributed by atoms with E-state index in [2.05, 4.69) is 26.5 Å². The molecule has 1 aromatic carbocycles. The Morgan fingerprint density at radius 1 is 1.36 bits per heavy atom. The van der Waals surface area contributed by atoms with E-state index in [0.717, 1.165) is 39.1 Å². The zero-order valence-corrected chi connectivity index (χ0v) is 12.3. The van der Waals surface area contributed by atoms with Crippen LogP contribution in [0.4, 0.5) is 11.4 Å². The van der Waals surface area contributed by atoms with Crippen molar-refractivity contribution in [2.75, 3.05) is 37.6 Å². The maximum absolute atomic E-state index is 11.6. The molecule has 9 heteroatoms. The lowest BCUT2D eigenvalue weighted by molar-refractivity contribution is -0.783. The summed E-state index contributed by atoms with van der Waals surface area (Å²) in [5.74, 6) is 0. The Kier molecular flexibility index (Phi) is 3.80. The lowest BCUT2D eigenvalue weighted by Crippen LogP contribution is -2.46. The Morgan fingerprint density at radius 2 is 2.09 bits per heavy atom. The summed E-state index contributed by atoms with van der Waals surface area (Å²) in [4.78, 5) is 15.0. The maximum Gasteiger partial charge on any atom is 0.324 e. The van der Waals surface area contributed by atoms with Crippen molar-refractivity contribution < 1.29 is 14.5 Å². The fourth-order valence-electron chi connectivity index (χ4n) is 2.88. The number of rotatable bonds is 4. The Bertz CT molecular complexity index is 693. The molecule has 2 heterocycles. The van der Waals surface area contributed by atoms with E-state index >= 15 is 0 Å². The van der Waals surface area contributed by atoms with E-state index in [1.807, 2.05) is 0 Å². The molecule has 1 aromatic heterocycles. The highest BCUT2D eigenvalue weighted by Crippen LogP contribution is 2.30. The number of non-ortho nitro benzene ring substituents is 1. The first-order valence-electron chi connectivity index (χ1n) is 7.26. The van der Waals surface area contributed by atoms with Crippen LogP contribution in [-0.2, 0) is 0 Å². The van der Waals surface area contributed by atoms with Gasteiger partial charge < -0.3 is 10.1 Å². The molecule has 118 valence electrons. The van der Waals surface area contributed by atoms with Gasteiger partial charge in [0.15, 0.2) is 0 Å². The summed E-state index contributed by atoms with van der Waals surface area (Å²) in [6.45, 7) is 6.63. The molecule has 0 amide bonds. The van der Waals surface area contributed by atoms with Crippen LogP contribution in [0.3, 0.4) is 0 Å². The van der Waals surface area contributed by atoms with E-state index in [1.54, 1.807) is 6.07 Å². The van der Waals surface area contributed by atoms with E-state index in [4.69, 9.17) is 0 Å². The molecular formula is C13H17N5O4. The summed E-state index contributed by atoms with van der Waals surface area (Å²) in [5.41, 5.74) is 0.529. The quantitative estimate of drug-likeness (QED) is 0.469.